The number of carbonyl (C=O) groups excluding carboxylic acids is 1. The van der Waals surface area contributed by atoms with Gasteiger partial charge in [0, 0.05) is 26.1 Å². The number of benzene rings is 1. The lowest BCUT2D eigenvalue weighted by Gasteiger charge is -2.39. The summed E-state index contributed by atoms with van der Waals surface area (Å²) in [6, 6.07) is 5.86. The molecule has 2 saturated heterocycles. The number of piperidine rings is 1. The summed E-state index contributed by atoms with van der Waals surface area (Å²) >= 11 is 0. The van der Waals surface area contributed by atoms with E-state index in [2.05, 4.69) is 20.1 Å². The maximum Gasteiger partial charge on any atom is 0.573 e. The van der Waals surface area contributed by atoms with Crippen molar-refractivity contribution in [1.82, 2.24) is 15.2 Å². The van der Waals surface area contributed by atoms with E-state index in [1.807, 2.05) is 6.92 Å². The number of hydrogen-bond acceptors (Lipinski definition) is 6. The van der Waals surface area contributed by atoms with E-state index in [9.17, 15) is 18.0 Å². The Morgan fingerprint density at radius 2 is 2.09 bits per heavy atom. The molecule has 0 radical (unpaired) electrons. The highest BCUT2D eigenvalue weighted by Crippen LogP contribution is 2.43. The molecule has 3 aliphatic rings. The van der Waals surface area contributed by atoms with Gasteiger partial charge in [-0.25, -0.2) is 14.8 Å². The van der Waals surface area contributed by atoms with E-state index >= 15 is 0 Å². The highest BCUT2D eigenvalue weighted by Gasteiger charge is 2.44. The van der Waals surface area contributed by atoms with Crippen LogP contribution in [0.2, 0.25) is 0 Å². The molecule has 3 aliphatic heterocycles. The van der Waals surface area contributed by atoms with Crippen molar-refractivity contribution >= 4 is 17.7 Å². The summed E-state index contributed by atoms with van der Waals surface area (Å²) in [6.45, 7) is 3.97. The predicted molar refractivity (Wildman–Crippen MR) is 116 cm³/mol. The van der Waals surface area contributed by atoms with Crippen molar-refractivity contribution in [3.05, 3.63) is 29.8 Å². The Bertz CT molecular complexity index is 941. The number of halogens is 3. The number of nitrogens with zero attached hydrogens (tertiary/aromatic N) is 4. The molecule has 0 aliphatic carbocycles. The molecule has 1 unspecified atom stereocenters. The van der Waals surface area contributed by atoms with E-state index in [1.165, 1.54) is 12.1 Å². The van der Waals surface area contributed by atoms with Crippen molar-refractivity contribution in [2.24, 2.45) is 10.1 Å². The van der Waals surface area contributed by atoms with Crippen LogP contribution in [-0.4, -0.2) is 72.9 Å². The zero-order chi connectivity index (χ0) is 23.6. The van der Waals surface area contributed by atoms with Crippen LogP contribution >= 0.6 is 0 Å². The molecule has 1 N–H and O–H groups in total. The number of guanidine groups is 1. The van der Waals surface area contributed by atoms with Gasteiger partial charge in [0.2, 0.25) is 5.96 Å². The Hall–Kier alpha value is -2.82. The zero-order valence-corrected chi connectivity index (χ0v) is 18.7. The van der Waals surface area contributed by atoms with Gasteiger partial charge in [-0.3, -0.25) is 5.32 Å². The van der Waals surface area contributed by atoms with E-state index in [1.54, 1.807) is 29.1 Å². The Morgan fingerprint density at radius 3 is 2.76 bits per heavy atom. The van der Waals surface area contributed by atoms with Crippen LogP contribution in [0.5, 0.6) is 5.75 Å². The van der Waals surface area contributed by atoms with E-state index < -0.39 is 6.36 Å². The zero-order valence-electron chi connectivity index (χ0n) is 18.7. The van der Waals surface area contributed by atoms with Crippen LogP contribution < -0.4 is 10.1 Å². The summed E-state index contributed by atoms with van der Waals surface area (Å²) in [7, 11) is 1.75. The van der Waals surface area contributed by atoms with Gasteiger partial charge in [-0.1, -0.05) is 19.1 Å². The van der Waals surface area contributed by atoms with E-state index in [-0.39, 0.29) is 23.3 Å². The summed E-state index contributed by atoms with van der Waals surface area (Å²) in [6.07, 6.45) is -1.89. The van der Waals surface area contributed by atoms with Crippen LogP contribution in [0.1, 0.15) is 44.1 Å². The minimum absolute atomic E-state index is 0.0157. The average molecular weight is 467 g/mol. The van der Waals surface area contributed by atoms with Crippen molar-refractivity contribution < 1.29 is 27.4 Å². The summed E-state index contributed by atoms with van der Waals surface area (Å²) in [4.78, 5) is 18.8. The molecule has 2 fully saturated rings. The number of ether oxygens (including phenoxy) is 2. The number of alkyl halides is 3. The van der Waals surface area contributed by atoms with Crippen LogP contribution in [-0.2, 0) is 4.74 Å². The van der Waals surface area contributed by atoms with Gasteiger partial charge in [-0.05, 0) is 43.4 Å². The smallest absolute Gasteiger partial charge is 0.406 e. The molecule has 180 valence electrons. The number of aliphatic imine (C=N–C) groups is 1. The first-order chi connectivity index (χ1) is 15.7. The van der Waals surface area contributed by atoms with Gasteiger partial charge < -0.3 is 14.4 Å². The average Bonchev–Trinajstić information content (AvgIpc) is 3.18. The lowest BCUT2D eigenvalue weighted by molar-refractivity contribution is -0.274. The molecule has 4 rings (SSSR count). The van der Waals surface area contributed by atoms with Gasteiger partial charge in [-0.15, -0.1) is 13.2 Å². The van der Waals surface area contributed by atoms with Gasteiger partial charge in [0.05, 0.1) is 24.5 Å². The SMILES string of the molecule is CCC1=NN(C)C(NC(=O)N2CCC3(CC2)CC(c2cccc(OC(F)(F)F)c2)CO3)=NC1. The number of nitrogens with one attached hydrogen (secondary N) is 1. The number of urea groups is 1. The highest BCUT2D eigenvalue weighted by molar-refractivity contribution is 6.00. The Labute approximate surface area is 190 Å². The molecule has 3 heterocycles. The largest absolute Gasteiger partial charge is 0.573 e. The second-order valence-corrected chi connectivity index (χ2v) is 8.62. The molecule has 0 bridgehead atoms. The standard InChI is InChI=1S/C22H28F3N5O3/c1-3-17-13-26-19(29(2)28-17)27-20(31)30-9-7-21(8-10-30)12-16(14-32-21)15-5-4-6-18(11-15)33-22(23,24)25/h4-6,11,16H,3,7-10,12-14H2,1-2H3,(H,26,27,31). The first kappa shape index (κ1) is 23.3. The number of hydrogen-bond donors (Lipinski definition) is 1. The van der Waals surface area contributed by atoms with E-state index in [4.69, 9.17) is 4.74 Å². The predicted octanol–water partition coefficient (Wildman–Crippen LogP) is 3.70. The highest BCUT2D eigenvalue weighted by atomic mass is 19.4. The van der Waals surface area contributed by atoms with Gasteiger partial charge in [0.15, 0.2) is 0 Å². The summed E-state index contributed by atoms with van der Waals surface area (Å²) < 4.78 is 47.8. The first-order valence-corrected chi connectivity index (χ1v) is 11.1. The van der Waals surface area contributed by atoms with Crippen molar-refractivity contribution in [2.45, 2.75) is 50.5 Å². The number of amides is 2. The number of rotatable bonds is 3. The summed E-state index contributed by atoms with van der Waals surface area (Å²) in [5.74, 6) is 0.187. The molecule has 0 saturated carbocycles. The molecule has 1 aromatic rings. The number of carbonyl (C=O) groups is 1. The van der Waals surface area contributed by atoms with Crippen molar-refractivity contribution in [1.29, 1.82) is 0 Å². The molecular formula is C22H28F3N5O3. The normalized spacial score (nSPS) is 22.8. The minimum Gasteiger partial charge on any atom is -0.406 e. The van der Waals surface area contributed by atoms with Crippen LogP contribution in [0.3, 0.4) is 0 Å². The van der Waals surface area contributed by atoms with E-state index in [0.29, 0.717) is 51.5 Å². The van der Waals surface area contributed by atoms with E-state index in [0.717, 1.165) is 17.7 Å². The first-order valence-electron chi connectivity index (χ1n) is 11.1. The maximum absolute atomic E-state index is 12.7. The van der Waals surface area contributed by atoms with Gasteiger partial charge in [0.1, 0.15) is 5.75 Å². The van der Waals surface area contributed by atoms with Crippen LogP contribution in [0.15, 0.2) is 34.4 Å². The number of hydrazone groups is 1. The maximum atomic E-state index is 12.7. The fraction of sp³-hybridized carbons (Fsp3) is 0.591. The molecule has 0 aromatic heterocycles. The molecule has 33 heavy (non-hydrogen) atoms. The monoisotopic (exact) mass is 467 g/mol. The van der Waals surface area contributed by atoms with Crippen LogP contribution in [0.4, 0.5) is 18.0 Å². The van der Waals surface area contributed by atoms with Crippen LogP contribution in [0.25, 0.3) is 0 Å². The Morgan fingerprint density at radius 1 is 1.33 bits per heavy atom. The van der Waals surface area contributed by atoms with Gasteiger partial charge >= 0.3 is 12.4 Å². The van der Waals surface area contributed by atoms with Gasteiger partial charge in [0.25, 0.3) is 0 Å². The minimum atomic E-state index is -4.72. The molecular weight excluding hydrogens is 439 g/mol. The second kappa shape index (κ2) is 9.20. The summed E-state index contributed by atoms with van der Waals surface area (Å²) in [5.41, 5.74) is 1.35. The van der Waals surface area contributed by atoms with Crippen molar-refractivity contribution in [2.75, 3.05) is 33.3 Å². The van der Waals surface area contributed by atoms with Crippen LogP contribution in [0, 0.1) is 0 Å². The molecule has 1 spiro atoms. The summed E-state index contributed by atoms with van der Waals surface area (Å²) in [5, 5.41) is 8.80. The molecule has 1 atom stereocenters. The third-order valence-corrected chi connectivity index (χ3v) is 6.37. The Balaban J connectivity index is 1.31. The molecule has 11 heteroatoms. The third-order valence-electron chi connectivity index (χ3n) is 6.37. The quantitative estimate of drug-likeness (QED) is 0.735. The fourth-order valence-electron chi connectivity index (χ4n) is 4.53. The van der Waals surface area contributed by atoms with Gasteiger partial charge in [-0.2, -0.15) is 5.10 Å². The lowest BCUT2D eigenvalue weighted by Crippen LogP contribution is -2.53. The topological polar surface area (TPSA) is 78.8 Å². The fourth-order valence-corrected chi connectivity index (χ4v) is 4.53. The van der Waals surface area contributed by atoms with Crippen molar-refractivity contribution in [3.8, 4) is 5.75 Å². The number of likely N-dealkylation sites (tertiary alicyclic amines) is 1. The lowest BCUT2D eigenvalue weighted by atomic mass is 9.83. The third kappa shape index (κ3) is 5.58. The second-order valence-electron chi connectivity index (χ2n) is 8.62. The molecule has 1 aromatic carbocycles. The molecule has 2 amide bonds. The molecule has 8 nitrogen and oxygen atoms in total. The van der Waals surface area contributed by atoms with Crippen molar-refractivity contribution in [3.63, 3.8) is 0 Å². The Kier molecular flexibility index (Phi) is 6.51.